The van der Waals surface area contributed by atoms with Crippen LogP contribution < -0.4 is 4.74 Å². The smallest absolute Gasteiger partial charge is 0.416 e. The Kier molecular flexibility index (Phi) is 4.08. The molecule has 0 amide bonds. The van der Waals surface area contributed by atoms with Crippen LogP contribution in [-0.2, 0) is 13.2 Å². The molecule has 0 saturated heterocycles. The Morgan fingerprint density at radius 1 is 1.38 bits per heavy atom. The van der Waals surface area contributed by atoms with E-state index < -0.39 is 17.5 Å². The molecule has 0 aliphatic carbocycles. The molecular formula is C13H10BrF3N2O2. The van der Waals surface area contributed by atoms with Gasteiger partial charge in [-0.2, -0.15) is 18.3 Å². The molecule has 2 rings (SSSR count). The number of ether oxygens (including phenoxy) is 1. The molecule has 0 fully saturated rings. The Labute approximate surface area is 126 Å². The first-order chi connectivity index (χ1) is 9.75. The van der Waals surface area contributed by atoms with Gasteiger partial charge in [0, 0.05) is 17.1 Å². The summed E-state index contributed by atoms with van der Waals surface area (Å²) in [5, 5.41) is 3.87. The standard InChI is InChI=1S/C13H10BrF3N2O2/c1-19-11(10(21-2)6-18-19)12(20)8-5-7(13(15,16)17)3-4-9(8)14/h3-6H,1-2H3. The van der Waals surface area contributed by atoms with Crippen LogP contribution in [0.2, 0.25) is 0 Å². The van der Waals surface area contributed by atoms with Crippen molar-refractivity contribution in [2.45, 2.75) is 6.18 Å². The van der Waals surface area contributed by atoms with Crippen molar-refractivity contribution < 1.29 is 22.7 Å². The van der Waals surface area contributed by atoms with Gasteiger partial charge >= 0.3 is 6.18 Å². The first-order valence-electron chi connectivity index (χ1n) is 5.73. The number of rotatable bonds is 3. The van der Waals surface area contributed by atoms with Gasteiger partial charge in [-0.3, -0.25) is 9.48 Å². The van der Waals surface area contributed by atoms with Gasteiger partial charge in [0.15, 0.2) is 11.4 Å². The molecule has 0 unspecified atom stereocenters. The molecule has 112 valence electrons. The molecule has 21 heavy (non-hydrogen) atoms. The number of halogens is 4. The SMILES string of the molecule is COc1cnn(C)c1C(=O)c1cc(C(F)(F)F)ccc1Br. The molecule has 0 N–H and O–H groups in total. The third-order valence-electron chi connectivity index (χ3n) is 2.88. The summed E-state index contributed by atoms with van der Waals surface area (Å²) in [6.07, 6.45) is -3.19. The second-order valence-corrected chi connectivity index (χ2v) is 5.06. The molecule has 0 bridgehead atoms. The fourth-order valence-corrected chi connectivity index (χ4v) is 2.26. The summed E-state index contributed by atoms with van der Waals surface area (Å²) < 4.78 is 44.8. The van der Waals surface area contributed by atoms with Crippen molar-refractivity contribution in [2.24, 2.45) is 7.05 Å². The van der Waals surface area contributed by atoms with E-state index >= 15 is 0 Å². The summed E-state index contributed by atoms with van der Waals surface area (Å²) in [6, 6.07) is 2.90. The van der Waals surface area contributed by atoms with Crippen LogP contribution in [0, 0.1) is 0 Å². The summed E-state index contributed by atoms with van der Waals surface area (Å²) in [5.41, 5.74) is -0.917. The van der Waals surface area contributed by atoms with Gasteiger partial charge in [0.2, 0.25) is 5.78 Å². The van der Waals surface area contributed by atoms with E-state index in [1.807, 2.05) is 0 Å². The molecule has 0 aliphatic heterocycles. The van der Waals surface area contributed by atoms with Crippen molar-refractivity contribution in [3.8, 4) is 5.75 Å². The molecule has 0 spiro atoms. The van der Waals surface area contributed by atoms with Crippen LogP contribution in [0.3, 0.4) is 0 Å². The number of aromatic nitrogens is 2. The number of carbonyl (C=O) groups excluding carboxylic acids is 1. The second kappa shape index (κ2) is 5.51. The lowest BCUT2D eigenvalue weighted by Gasteiger charge is -2.11. The molecular weight excluding hydrogens is 353 g/mol. The van der Waals surface area contributed by atoms with Crippen molar-refractivity contribution in [3.05, 3.63) is 45.7 Å². The maximum atomic E-state index is 12.8. The van der Waals surface area contributed by atoms with Crippen LogP contribution in [0.15, 0.2) is 28.9 Å². The number of hydrogen-bond acceptors (Lipinski definition) is 3. The Bertz CT molecular complexity index is 695. The van der Waals surface area contributed by atoms with Gasteiger partial charge in [-0.15, -0.1) is 0 Å². The molecule has 4 nitrogen and oxygen atoms in total. The third kappa shape index (κ3) is 2.94. The van der Waals surface area contributed by atoms with Crippen LogP contribution in [0.5, 0.6) is 5.75 Å². The van der Waals surface area contributed by atoms with E-state index in [1.165, 1.54) is 31.1 Å². The second-order valence-electron chi connectivity index (χ2n) is 4.21. The summed E-state index contributed by atoms with van der Waals surface area (Å²) in [7, 11) is 2.87. The van der Waals surface area contributed by atoms with Gasteiger partial charge in [0.1, 0.15) is 0 Å². The van der Waals surface area contributed by atoms with Crippen LogP contribution in [0.4, 0.5) is 13.2 Å². The van der Waals surface area contributed by atoms with Crippen molar-refractivity contribution in [2.75, 3.05) is 7.11 Å². The Hall–Kier alpha value is -1.83. The number of alkyl halides is 3. The molecule has 0 atom stereocenters. The average molecular weight is 363 g/mol. The molecule has 0 aliphatic rings. The molecule has 0 saturated carbocycles. The highest BCUT2D eigenvalue weighted by atomic mass is 79.9. The van der Waals surface area contributed by atoms with Gasteiger partial charge in [-0.25, -0.2) is 0 Å². The zero-order valence-corrected chi connectivity index (χ0v) is 12.6. The highest BCUT2D eigenvalue weighted by molar-refractivity contribution is 9.10. The number of hydrogen-bond donors (Lipinski definition) is 0. The van der Waals surface area contributed by atoms with Crippen LogP contribution in [0.25, 0.3) is 0 Å². The Morgan fingerprint density at radius 2 is 2.05 bits per heavy atom. The van der Waals surface area contributed by atoms with Crippen LogP contribution >= 0.6 is 15.9 Å². The lowest BCUT2D eigenvalue weighted by molar-refractivity contribution is -0.137. The van der Waals surface area contributed by atoms with E-state index in [4.69, 9.17) is 4.74 Å². The summed E-state index contributed by atoms with van der Waals surface area (Å²) in [4.78, 5) is 12.5. The topological polar surface area (TPSA) is 44.1 Å². The molecule has 1 aromatic heterocycles. The number of aryl methyl sites for hydroxylation is 1. The highest BCUT2D eigenvalue weighted by Crippen LogP contribution is 2.33. The number of carbonyl (C=O) groups is 1. The summed E-state index contributed by atoms with van der Waals surface area (Å²) in [6.45, 7) is 0. The Balaban J connectivity index is 2.55. The van der Waals surface area contributed by atoms with Gasteiger partial charge < -0.3 is 4.74 Å². The average Bonchev–Trinajstić information content (AvgIpc) is 2.78. The molecule has 8 heteroatoms. The zero-order chi connectivity index (χ0) is 15.8. The van der Waals surface area contributed by atoms with Gasteiger partial charge in [0.05, 0.1) is 18.9 Å². The zero-order valence-electron chi connectivity index (χ0n) is 11.0. The molecule has 1 aromatic carbocycles. The number of benzene rings is 1. The van der Waals surface area contributed by atoms with Crippen molar-refractivity contribution in [1.29, 1.82) is 0 Å². The fourth-order valence-electron chi connectivity index (χ4n) is 1.83. The first kappa shape index (κ1) is 15.6. The van der Waals surface area contributed by atoms with Gasteiger partial charge in [0.25, 0.3) is 0 Å². The molecule has 1 heterocycles. The fraction of sp³-hybridized carbons (Fsp3) is 0.231. The number of nitrogens with zero attached hydrogens (tertiary/aromatic N) is 2. The monoisotopic (exact) mass is 362 g/mol. The van der Waals surface area contributed by atoms with Crippen LogP contribution in [0.1, 0.15) is 21.6 Å². The lowest BCUT2D eigenvalue weighted by atomic mass is 10.0. The quantitative estimate of drug-likeness (QED) is 0.785. The number of ketones is 1. The first-order valence-corrected chi connectivity index (χ1v) is 6.52. The van der Waals surface area contributed by atoms with E-state index in [0.29, 0.717) is 0 Å². The Morgan fingerprint density at radius 3 is 2.62 bits per heavy atom. The third-order valence-corrected chi connectivity index (χ3v) is 3.57. The van der Waals surface area contributed by atoms with E-state index in [0.717, 1.165) is 12.1 Å². The van der Waals surface area contributed by atoms with E-state index in [2.05, 4.69) is 21.0 Å². The van der Waals surface area contributed by atoms with E-state index in [-0.39, 0.29) is 21.5 Å². The van der Waals surface area contributed by atoms with Gasteiger partial charge in [-0.1, -0.05) is 15.9 Å². The van der Waals surface area contributed by atoms with E-state index in [1.54, 1.807) is 0 Å². The van der Waals surface area contributed by atoms with Crippen LogP contribution in [-0.4, -0.2) is 22.7 Å². The molecule has 2 aromatic rings. The molecule has 0 radical (unpaired) electrons. The normalized spacial score (nSPS) is 11.5. The maximum Gasteiger partial charge on any atom is 0.416 e. The van der Waals surface area contributed by atoms with Crippen molar-refractivity contribution in [1.82, 2.24) is 9.78 Å². The van der Waals surface area contributed by atoms with Gasteiger partial charge in [-0.05, 0) is 18.2 Å². The summed E-state index contributed by atoms with van der Waals surface area (Å²) >= 11 is 3.10. The highest BCUT2D eigenvalue weighted by Gasteiger charge is 2.32. The van der Waals surface area contributed by atoms with Crippen molar-refractivity contribution >= 4 is 21.7 Å². The maximum absolute atomic E-state index is 12.8. The number of methoxy groups -OCH3 is 1. The predicted molar refractivity (Wildman–Crippen MR) is 72.3 cm³/mol. The van der Waals surface area contributed by atoms with Crippen molar-refractivity contribution in [3.63, 3.8) is 0 Å². The minimum atomic E-state index is -4.52. The predicted octanol–water partition coefficient (Wildman–Crippen LogP) is 3.44. The summed E-state index contributed by atoms with van der Waals surface area (Å²) in [5.74, 6) is -0.406. The van der Waals surface area contributed by atoms with E-state index in [9.17, 15) is 18.0 Å². The minimum Gasteiger partial charge on any atom is -0.493 e. The lowest BCUT2D eigenvalue weighted by Crippen LogP contribution is -2.12. The minimum absolute atomic E-state index is 0.0810. The largest absolute Gasteiger partial charge is 0.493 e.